The first kappa shape index (κ1) is 22.3. The van der Waals surface area contributed by atoms with E-state index in [1.165, 1.54) is 10.6 Å². The number of fused-ring (bicyclic) bond motifs is 1. The Morgan fingerprint density at radius 1 is 1.00 bits per heavy atom. The van der Waals surface area contributed by atoms with Gasteiger partial charge in [0.15, 0.2) is 5.60 Å². The van der Waals surface area contributed by atoms with Crippen molar-refractivity contribution in [3.8, 4) is 11.3 Å². The molecule has 170 valence electrons. The van der Waals surface area contributed by atoms with Crippen LogP contribution in [0.3, 0.4) is 0 Å². The summed E-state index contributed by atoms with van der Waals surface area (Å²) < 4.78 is 3.24. The van der Waals surface area contributed by atoms with Gasteiger partial charge in [0.1, 0.15) is 5.15 Å². The number of aliphatic hydroxyl groups is 1. The fourth-order valence-corrected chi connectivity index (χ4v) is 4.43. The van der Waals surface area contributed by atoms with E-state index < -0.39 is 5.60 Å². The fourth-order valence-electron chi connectivity index (χ4n) is 4.14. The number of nitrogens with zero attached hydrogens (tertiary/aromatic N) is 5. The highest BCUT2D eigenvalue weighted by molar-refractivity contribution is 6.30. The minimum atomic E-state index is -1.64. The van der Waals surface area contributed by atoms with Crippen molar-refractivity contribution in [1.82, 2.24) is 24.1 Å². The maximum absolute atomic E-state index is 12.7. The molecule has 34 heavy (non-hydrogen) atoms. The van der Waals surface area contributed by atoms with Crippen molar-refractivity contribution in [3.63, 3.8) is 0 Å². The van der Waals surface area contributed by atoms with Crippen LogP contribution in [-0.2, 0) is 19.7 Å². The van der Waals surface area contributed by atoms with E-state index in [0.29, 0.717) is 49.3 Å². The molecule has 7 nitrogen and oxygen atoms in total. The van der Waals surface area contributed by atoms with Crippen LogP contribution in [-0.4, -0.2) is 29.2 Å². The highest BCUT2D eigenvalue weighted by Gasteiger charge is 2.38. The summed E-state index contributed by atoms with van der Waals surface area (Å²) in [4.78, 5) is 25.9. The van der Waals surface area contributed by atoms with Crippen molar-refractivity contribution >= 4 is 34.1 Å². The maximum Gasteiger partial charge on any atom is 0.251 e. The standard InChI is InChI=1S/C25H19Cl2N5O2/c1-31-14-28-13-22(31)25(34,15-6-8-16(26)9-7-15)21-10-18-17(19-4-3-5-23(27)30-19)11-24(33)32(2)20(18)12-29-21/h3-14,34H,1-2H3. The van der Waals surface area contributed by atoms with Gasteiger partial charge in [0, 0.05) is 36.1 Å². The Morgan fingerprint density at radius 3 is 2.44 bits per heavy atom. The first-order chi connectivity index (χ1) is 16.3. The van der Waals surface area contributed by atoms with E-state index in [2.05, 4.69) is 15.0 Å². The van der Waals surface area contributed by atoms with Crippen molar-refractivity contribution in [3.05, 3.63) is 111 Å². The number of imidazole rings is 1. The molecule has 1 unspecified atom stereocenters. The summed E-state index contributed by atoms with van der Waals surface area (Å²) in [5.41, 5.74) is 1.32. The van der Waals surface area contributed by atoms with Crippen LogP contribution in [0.1, 0.15) is 17.0 Å². The third-order valence-electron chi connectivity index (χ3n) is 5.94. The first-order valence-corrected chi connectivity index (χ1v) is 11.1. The molecular weight excluding hydrogens is 473 g/mol. The Morgan fingerprint density at radius 2 is 1.76 bits per heavy atom. The van der Waals surface area contributed by atoms with Gasteiger partial charge in [0.05, 0.1) is 41.3 Å². The Balaban J connectivity index is 1.84. The number of halogens is 2. The lowest BCUT2D eigenvalue weighted by Crippen LogP contribution is -2.32. The van der Waals surface area contributed by atoms with E-state index in [0.717, 1.165) is 0 Å². The lowest BCUT2D eigenvalue weighted by Gasteiger charge is -2.29. The van der Waals surface area contributed by atoms with E-state index in [1.807, 2.05) is 0 Å². The molecule has 9 heteroatoms. The largest absolute Gasteiger partial charge is 0.373 e. The molecule has 0 aliphatic rings. The predicted molar refractivity (Wildman–Crippen MR) is 132 cm³/mol. The summed E-state index contributed by atoms with van der Waals surface area (Å²) in [6, 6.07) is 15.4. The molecule has 1 N–H and O–H groups in total. The average Bonchev–Trinajstić information content (AvgIpc) is 3.27. The predicted octanol–water partition coefficient (Wildman–Crippen LogP) is 4.32. The minimum absolute atomic E-state index is 0.210. The van der Waals surface area contributed by atoms with Gasteiger partial charge in [0.2, 0.25) is 0 Å². The SMILES string of the molecule is Cn1cncc1C(O)(c1ccc(Cl)cc1)c1cc2c(-c3cccc(Cl)n3)cc(=O)n(C)c2cn1. The molecule has 0 amide bonds. The van der Waals surface area contributed by atoms with E-state index >= 15 is 0 Å². The second-order valence-corrected chi connectivity index (χ2v) is 8.82. The van der Waals surface area contributed by atoms with Crippen LogP contribution in [0.25, 0.3) is 22.2 Å². The third-order valence-corrected chi connectivity index (χ3v) is 6.41. The molecule has 1 aromatic carbocycles. The lowest BCUT2D eigenvalue weighted by molar-refractivity contribution is 0.113. The molecule has 0 saturated carbocycles. The molecule has 0 aliphatic carbocycles. The van der Waals surface area contributed by atoms with E-state index in [4.69, 9.17) is 23.2 Å². The van der Waals surface area contributed by atoms with Gasteiger partial charge in [-0.15, -0.1) is 0 Å². The van der Waals surface area contributed by atoms with Gasteiger partial charge < -0.3 is 14.2 Å². The molecule has 1 atom stereocenters. The summed E-state index contributed by atoms with van der Waals surface area (Å²) in [5.74, 6) is 0. The molecule has 4 aromatic heterocycles. The molecule has 0 aliphatic heterocycles. The van der Waals surface area contributed by atoms with Crippen molar-refractivity contribution in [2.24, 2.45) is 14.1 Å². The molecule has 0 saturated heterocycles. The second-order valence-electron chi connectivity index (χ2n) is 7.99. The van der Waals surface area contributed by atoms with Gasteiger partial charge >= 0.3 is 0 Å². The first-order valence-electron chi connectivity index (χ1n) is 10.4. The van der Waals surface area contributed by atoms with Gasteiger partial charge in [-0.2, -0.15) is 0 Å². The van der Waals surface area contributed by atoms with Gasteiger partial charge in [-0.25, -0.2) is 9.97 Å². The van der Waals surface area contributed by atoms with E-state index in [-0.39, 0.29) is 5.56 Å². The van der Waals surface area contributed by atoms with Crippen LogP contribution in [0.4, 0.5) is 0 Å². The highest BCUT2D eigenvalue weighted by Crippen LogP contribution is 2.38. The van der Waals surface area contributed by atoms with Gasteiger partial charge in [-0.1, -0.05) is 41.4 Å². The van der Waals surface area contributed by atoms with Crippen molar-refractivity contribution in [2.75, 3.05) is 0 Å². The molecule has 5 rings (SSSR count). The summed E-state index contributed by atoms with van der Waals surface area (Å²) >= 11 is 12.2. The van der Waals surface area contributed by atoms with Crippen molar-refractivity contribution in [2.45, 2.75) is 5.60 Å². The third kappa shape index (κ3) is 3.58. The number of rotatable bonds is 4. The smallest absolute Gasteiger partial charge is 0.251 e. The van der Waals surface area contributed by atoms with E-state index in [1.54, 1.807) is 85.9 Å². The number of aryl methyl sites for hydroxylation is 2. The van der Waals surface area contributed by atoms with Crippen LogP contribution in [0.15, 0.2) is 78.1 Å². The molecule has 0 spiro atoms. The summed E-state index contributed by atoms with van der Waals surface area (Å²) in [5, 5.41) is 13.8. The Hall–Kier alpha value is -3.52. The molecule has 4 heterocycles. The zero-order valence-corrected chi connectivity index (χ0v) is 19.8. The molecule has 5 aromatic rings. The Bertz CT molecular complexity index is 1590. The van der Waals surface area contributed by atoms with E-state index in [9.17, 15) is 9.90 Å². The average molecular weight is 492 g/mol. The molecule has 0 radical (unpaired) electrons. The summed E-state index contributed by atoms with van der Waals surface area (Å²) in [7, 11) is 3.48. The summed E-state index contributed by atoms with van der Waals surface area (Å²) in [6.45, 7) is 0. The maximum atomic E-state index is 12.7. The van der Waals surface area contributed by atoms with Crippen molar-refractivity contribution in [1.29, 1.82) is 0 Å². The zero-order chi connectivity index (χ0) is 24.0. The van der Waals surface area contributed by atoms with Crippen LogP contribution in [0.2, 0.25) is 10.2 Å². The zero-order valence-electron chi connectivity index (χ0n) is 18.3. The summed E-state index contributed by atoms with van der Waals surface area (Å²) in [6.07, 6.45) is 4.79. The Kier molecular flexibility index (Phi) is 5.48. The number of benzene rings is 1. The van der Waals surface area contributed by atoms with Crippen LogP contribution in [0.5, 0.6) is 0 Å². The number of hydrogen-bond donors (Lipinski definition) is 1. The monoisotopic (exact) mass is 491 g/mol. The topological polar surface area (TPSA) is 85.8 Å². The highest BCUT2D eigenvalue weighted by atomic mass is 35.5. The van der Waals surface area contributed by atoms with Gasteiger partial charge in [0.25, 0.3) is 5.56 Å². The van der Waals surface area contributed by atoms with Crippen LogP contribution < -0.4 is 5.56 Å². The number of pyridine rings is 3. The van der Waals surface area contributed by atoms with Crippen molar-refractivity contribution < 1.29 is 5.11 Å². The number of hydrogen-bond acceptors (Lipinski definition) is 5. The van der Waals surface area contributed by atoms with Gasteiger partial charge in [-0.05, 0) is 35.9 Å². The minimum Gasteiger partial charge on any atom is -0.373 e. The second kappa shape index (κ2) is 8.36. The Labute approximate surface area is 204 Å². The lowest BCUT2D eigenvalue weighted by atomic mass is 9.86. The molecular formula is C25H19Cl2N5O2. The normalized spacial score (nSPS) is 13.2. The quantitative estimate of drug-likeness (QED) is 0.378. The van der Waals surface area contributed by atoms with Crippen LogP contribution >= 0.6 is 23.2 Å². The fraction of sp³-hybridized carbons (Fsp3) is 0.120. The van der Waals surface area contributed by atoms with Gasteiger partial charge in [-0.3, -0.25) is 9.78 Å². The molecule has 0 fully saturated rings. The number of aromatic nitrogens is 5. The van der Waals surface area contributed by atoms with Crippen LogP contribution in [0, 0.1) is 0 Å². The molecule has 0 bridgehead atoms.